The lowest BCUT2D eigenvalue weighted by molar-refractivity contribution is -0.108. The Morgan fingerprint density at radius 2 is 2.27 bits per heavy atom. The van der Waals surface area contributed by atoms with Crippen LogP contribution in [0.2, 0.25) is 5.02 Å². The molecule has 0 aliphatic heterocycles. The lowest BCUT2D eigenvalue weighted by Gasteiger charge is -2.13. The van der Waals surface area contributed by atoms with E-state index in [0.717, 1.165) is 11.8 Å². The number of hydrogen-bond donors (Lipinski definition) is 1. The number of ether oxygens (including phenoxy) is 1. The molecule has 0 heterocycles. The maximum atomic E-state index is 10.4. The first-order chi connectivity index (χ1) is 7.10. The first kappa shape index (κ1) is 11.9. The summed E-state index contributed by atoms with van der Waals surface area (Å²) >= 11 is 5.96. The third kappa shape index (κ3) is 2.63. The number of phenols is 1. The van der Waals surface area contributed by atoms with Crippen LogP contribution in [0.25, 0.3) is 0 Å². The molecule has 1 aromatic carbocycles. The zero-order valence-corrected chi connectivity index (χ0v) is 9.41. The molecule has 0 saturated heterocycles. The molecule has 1 N–H and O–H groups in total. The van der Waals surface area contributed by atoms with E-state index in [9.17, 15) is 9.90 Å². The zero-order valence-electron chi connectivity index (χ0n) is 8.66. The molecule has 1 rings (SSSR count). The molecular formula is C11H13ClO3. The van der Waals surface area contributed by atoms with Crippen molar-refractivity contribution >= 4 is 17.9 Å². The normalized spacial score (nSPS) is 12.2. The standard InChI is InChI=1S/C11H13ClO3/c1-7(3-4-13)8-5-11(15-2)10(14)6-9(8)12/h4-7,14H,3H2,1-2H3. The average Bonchev–Trinajstić information content (AvgIpc) is 2.18. The number of benzene rings is 1. The third-order valence-corrected chi connectivity index (χ3v) is 2.61. The minimum atomic E-state index is 0.00422. The second kappa shape index (κ2) is 5.03. The van der Waals surface area contributed by atoms with Crippen molar-refractivity contribution in [3.63, 3.8) is 0 Å². The number of hydrogen-bond acceptors (Lipinski definition) is 3. The number of halogens is 1. The van der Waals surface area contributed by atoms with Crippen molar-refractivity contribution in [2.45, 2.75) is 19.3 Å². The van der Waals surface area contributed by atoms with Gasteiger partial charge in [-0.2, -0.15) is 0 Å². The minimum absolute atomic E-state index is 0.00422. The molecule has 0 aliphatic carbocycles. The fourth-order valence-electron chi connectivity index (χ4n) is 1.37. The van der Waals surface area contributed by atoms with Crippen molar-refractivity contribution in [1.29, 1.82) is 0 Å². The molecule has 0 aromatic heterocycles. The quantitative estimate of drug-likeness (QED) is 0.806. The van der Waals surface area contributed by atoms with Crippen LogP contribution in [0.3, 0.4) is 0 Å². The Labute approximate surface area is 93.6 Å². The van der Waals surface area contributed by atoms with Crippen LogP contribution >= 0.6 is 11.6 Å². The highest BCUT2D eigenvalue weighted by Crippen LogP contribution is 2.36. The van der Waals surface area contributed by atoms with Crippen LogP contribution < -0.4 is 4.74 Å². The number of rotatable bonds is 4. The van der Waals surface area contributed by atoms with Gasteiger partial charge < -0.3 is 14.6 Å². The summed E-state index contributed by atoms with van der Waals surface area (Å²) in [6.07, 6.45) is 1.24. The van der Waals surface area contributed by atoms with E-state index in [1.165, 1.54) is 13.2 Å². The summed E-state index contributed by atoms with van der Waals surface area (Å²) in [6, 6.07) is 3.09. The molecule has 15 heavy (non-hydrogen) atoms. The predicted octanol–water partition coefficient (Wildman–Crippen LogP) is 2.75. The van der Waals surface area contributed by atoms with Gasteiger partial charge in [0.25, 0.3) is 0 Å². The lowest BCUT2D eigenvalue weighted by atomic mass is 9.98. The van der Waals surface area contributed by atoms with Gasteiger partial charge in [-0.15, -0.1) is 0 Å². The number of carbonyl (C=O) groups excluding carboxylic acids is 1. The molecule has 0 fully saturated rings. The summed E-state index contributed by atoms with van der Waals surface area (Å²) in [7, 11) is 1.47. The van der Waals surface area contributed by atoms with Crippen molar-refractivity contribution in [1.82, 2.24) is 0 Å². The van der Waals surface area contributed by atoms with E-state index in [1.54, 1.807) is 6.07 Å². The second-order valence-electron chi connectivity index (χ2n) is 3.35. The molecule has 0 spiro atoms. The molecule has 0 radical (unpaired) electrons. The van der Waals surface area contributed by atoms with Crippen molar-refractivity contribution < 1.29 is 14.6 Å². The van der Waals surface area contributed by atoms with Crippen LogP contribution in [0.5, 0.6) is 11.5 Å². The fraction of sp³-hybridized carbons (Fsp3) is 0.364. The summed E-state index contributed by atoms with van der Waals surface area (Å²) < 4.78 is 4.97. The van der Waals surface area contributed by atoms with Gasteiger partial charge in [0, 0.05) is 17.5 Å². The smallest absolute Gasteiger partial charge is 0.160 e. The number of carbonyl (C=O) groups is 1. The molecule has 0 saturated carbocycles. The van der Waals surface area contributed by atoms with E-state index in [2.05, 4.69) is 0 Å². The summed E-state index contributed by atoms with van der Waals surface area (Å²) in [5, 5.41) is 9.90. The van der Waals surface area contributed by atoms with Crippen molar-refractivity contribution in [2.75, 3.05) is 7.11 Å². The van der Waals surface area contributed by atoms with E-state index in [-0.39, 0.29) is 11.7 Å². The Morgan fingerprint density at radius 3 is 2.80 bits per heavy atom. The van der Waals surface area contributed by atoms with Gasteiger partial charge in [0.05, 0.1) is 7.11 Å². The highest BCUT2D eigenvalue weighted by atomic mass is 35.5. The van der Waals surface area contributed by atoms with E-state index >= 15 is 0 Å². The van der Waals surface area contributed by atoms with Crippen LogP contribution in [0.15, 0.2) is 12.1 Å². The Hall–Kier alpha value is -1.22. The van der Waals surface area contributed by atoms with Gasteiger partial charge in [-0.05, 0) is 17.5 Å². The Bertz CT molecular complexity index is 363. The van der Waals surface area contributed by atoms with Crippen molar-refractivity contribution in [3.8, 4) is 11.5 Å². The molecule has 0 amide bonds. The first-order valence-corrected chi connectivity index (χ1v) is 4.98. The van der Waals surface area contributed by atoms with Gasteiger partial charge in [0.15, 0.2) is 11.5 Å². The van der Waals surface area contributed by atoms with Crippen LogP contribution in [-0.4, -0.2) is 18.5 Å². The first-order valence-electron chi connectivity index (χ1n) is 4.60. The SMILES string of the molecule is COc1cc(C(C)CC=O)c(Cl)cc1O. The number of aldehydes is 1. The topological polar surface area (TPSA) is 46.5 Å². The molecule has 1 unspecified atom stereocenters. The largest absolute Gasteiger partial charge is 0.504 e. The number of methoxy groups -OCH3 is 1. The Balaban J connectivity index is 3.11. The van der Waals surface area contributed by atoms with Crippen LogP contribution in [0.4, 0.5) is 0 Å². The minimum Gasteiger partial charge on any atom is -0.504 e. The van der Waals surface area contributed by atoms with Crippen molar-refractivity contribution in [3.05, 3.63) is 22.7 Å². The van der Waals surface area contributed by atoms with Gasteiger partial charge >= 0.3 is 0 Å². The molecule has 1 aromatic rings. The van der Waals surface area contributed by atoms with Crippen molar-refractivity contribution in [2.24, 2.45) is 0 Å². The number of phenolic OH excluding ortho intramolecular Hbond substituents is 1. The maximum Gasteiger partial charge on any atom is 0.160 e. The molecule has 0 bridgehead atoms. The summed E-state index contributed by atoms with van der Waals surface area (Å²) in [5.74, 6) is 0.390. The second-order valence-corrected chi connectivity index (χ2v) is 3.76. The summed E-state index contributed by atoms with van der Waals surface area (Å²) in [6.45, 7) is 1.89. The third-order valence-electron chi connectivity index (χ3n) is 2.28. The summed E-state index contributed by atoms with van der Waals surface area (Å²) in [4.78, 5) is 10.4. The Kier molecular flexibility index (Phi) is 3.97. The monoisotopic (exact) mass is 228 g/mol. The zero-order chi connectivity index (χ0) is 11.4. The Morgan fingerprint density at radius 1 is 1.60 bits per heavy atom. The van der Waals surface area contributed by atoms with E-state index in [4.69, 9.17) is 16.3 Å². The number of aromatic hydroxyl groups is 1. The van der Waals surface area contributed by atoms with Gasteiger partial charge in [-0.25, -0.2) is 0 Å². The molecule has 82 valence electrons. The maximum absolute atomic E-state index is 10.4. The van der Waals surface area contributed by atoms with Crippen LogP contribution in [-0.2, 0) is 4.79 Å². The predicted molar refractivity (Wildman–Crippen MR) is 58.8 cm³/mol. The van der Waals surface area contributed by atoms with E-state index in [0.29, 0.717) is 17.2 Å². The van der Waals surface area contributed by atoms with Gasteiger partial charge in [-0.1, -0.05) is 18.5 Å². The van der Waals surface area contributed by atoms with Gasteiger partial charge in [0.2, 0.25) is 0 Å². The lowest BCUT2D eigenvalue weighted by Crippen LogP contribution is -1.97. The van der Waals surface area contributed by atoms with E-state index in [1.807, 2.05) is 6.92 Å². The van der Waals surface area contributed by atoms with Crippen LogP contribution in [0.1, 0.15) is 24.8 Å². The highest BCUT2D eigenvalue weighted by Gasteiger charge is 2.13. The summed E-state index contributed by atoms with van der Waals surface area (Å²) in [5.41, 5.74) is 0.804. The molecule has 1 atom stereocenters. The molecular weight excluding hydrogens is 216 g/mol. The fourth-order valence-corrected chi connectivity index (χ4v) is 1.72. The highest BCUT2D eigenvalue weighted by molar-refractivity contribution is 6.31. The van der Waals surface area contributed by atoms with Gasteiger partial charge in [-0.3, -0.25) is 0 Å². The van der Waals surface area contributed by atoms with Crippen LogP contribution in [0, 0.1) is 0 Å². The molecule has 4 heteroatoms. The molecule has 3 nitrogen and oxygen atoms in total. The van der Waals surface area contributed by atoms with Gasteiger partial charge in [0.1, 0.15) is 6.29 Å². The average molecular weight is 229 g/mol. The molecule has 0 aliphatic rings. The van der Waals surface area contributed by atoms with E-state index < -0.39 is 0 Å².